The monoisotopic (exact) mass is 264 g/mol. The lowest BCUT2D eigenvalue weighted by Crippen LogP contribution is -1.95. The molecule has 0 aliphatic rings. The Morgan fingerprint density at radius 3 is 2.83 bits per heavy atom. The smallest absolute Gasteiger partial charge is 0.258 e. The standard InChI is InChI=1S/C13H13ClN2O2/c1-3-8(2)9-4-5-11-10(6-9)13(14)12(7-15-11)16(17)18/h4-8H,3H2,1-2H3/t8-/m0/s1. The van der Waals surface area contributed by atoms with Crippen molar-refractivity contribution in [3.8, 4) is 0 Å². The minimum atomic E-state index is -0.509. The summed E-state index contributed by atoms with van der Waals surface area (Å²) in [6.45, 7) is 4.21. The van der Waals surface area contributed by atoms with Gasteiger partial charge in [-0.25, -0.2) is 4.98 Å². The maximum Gasteiger partial charge on any atom is 0.306 e. The van der Waals surface area contributed by atoms with Gasteiger partial charge in [-0.05, 0) is 30.0 Å². The van der Waals surface area contributed by atoms with Crippen LogP contribution in [0.25, 0.3) is 10.9 Å². The van der Waals surface area contributed by atoms with Crippen LogP contribution in [0.4, 0.5) is 5.69 Å². The molecule has 4 nitrogen and oxygen atoms in total. The van der Waals surface area contributed by atoms with E-state index in [9.17, 15) is 10.1 Å². The highest BCUT2D eigenvalue weighted by Gasteiger charge is 2.16. The Labute approximate surface area is 110 Å². The maximum atomic E-state index is 10.8. The first-order valence-electron chi connectivity index (χ1n) is 5.77. The molecular formula is C13H13ClN2O2. The number of nitro groups is 1. The second-order valence-corrected chi connectivity index (χ2v) is 4.68. The SMILES string of the molecule is CC[C@H](C)c1ccc2ncc([N+](=O)[O-])c(Cl)c2c1. The molecule has 0 spiro atoms. The van der Waals surface area contributed by atoms with E-state index in [4.69, 9.17) is 11.6 Å². The normalized spacial score (nSPS) is 12.6. The van der Waals surface area contributed by atoms with Gasteiger partial charge in [0.2, 0.25) is 0 Å². The number of aromatic nitrogens is 1. The largest absolute Gasteiger partial charge is 0.306 e. The number of halogens is 1. The highest BCUT2D eigenvalue weighted by atomic mass is 35.5. The van der Waals surface area contributed by atoms with Gasteiger partial charge < -0.3 is 0 Å². The van der Waals surface area contributed by atoms with Crippen molar-refractivity contribution in [1.82, 2.24) is 4.98 Å². The highest BCUT2D eigenvalue weighted by molar-refractivity contribution is 6.37. The van der Waals surface area contributed by atoms with Crippen LogP contribution in [-0.4, -0.2) is 9.91 Å². The number of hydrogen-bond acceptors (Lipinski definition) is 3. The average molecular weight is 265 g/mol. The van der Waals surface area contributed by atoms with Crippen LogP contribution in [0.1, 0.15) is 31.7 Å². The first-order valence-corrected chi connectivity index (χ1v) is 6.15. The number of hydrogen-bond donors (Lipinski definition) is 0. The molecule has 0 radical (unpaired) electrons. The summed E-state index contributed by atoms with van der Waals surface area (Å²) in [5.74, 6) is 0.393. The summed E-state index contributed by atoms with van der Waals surface area (Å²) in [5.41, 5.74) is 1.65. The van der Waals surface area contributed by atoms with E-state index in [1.807, 2.05) is 18.2 Å². The van der Waals surface area contributed by atoms with E-state index in [-0.39, 0.29) is 10.7 Å². The third-order valence-electron chi connectivity index (χ3n) is 3.19. The second-order valence-electron chi connectivity index (χ2n) is 4.30. The summed E-state index contributed by atoms with van der Waals surface area (Å²) in [7, 11) is 0. The zero-order valence-electron chi connectivity index (χ0n) is 10.2. The van der Waals surface area contributed by atoms with Crippen molar-refractivity contribution in [2.24, 2.45) is 0 Å². The second kappa shape index (κ2) is 4.90. The Morgan fingerprint density at radius 2 is 2.22 bits per heavy atom. The van der Waals surface area contributed by atoms with Crippen molar-refractivity contribution in [3.63, 3.8) is 0 Å². The molecule has 1 heterocycles. The maximum absolute atomic E-state index is 10.8. The van der Waals surface area contributed by atoms with Crippen LogP contribution < -0.4 is 0 Å². The zero-order chi connectivity index (χ0) is 13.3. The summed E-state index contributed by atoms with van der Waals surface area (Å²) < 4.78 is 0. The van der Waals surface area contributed by atoms with Gasteiger partial charge in [0.15, 0.2) is 0 Å². The van der Waals surface area contributed by atoms with Crippen LogP contribution in [-0.2, 0) is 0 Å². The fourth-order valence-electron chi connectivity index (χ4n) is 1.84. The van der Waals surface area contributed by atoms with Gasteiger partial charge in [0.1, 0.15) is 11.2 Å². The van der Waals surface area contributed by atoms with Crippen molar-refractivity contribution in [3.05, 3.63) is 45.1 Å². The molecule has 2 rings (SSSR count). The van der Waals surface area contributed by atoms with E-state index >= 15 is 0 Å². The molecule has 1 aromatic carbocycles. The Morgan fingerprint density at radius 1 is 1.50 bits per heavy atom. The van der Waals surface area contributed by atoms with Crippen LogP contribution >= 0.6 is 11.6 Å². The van der Waals surface area contributed by atoms with Gasteiger partial charge in [-0.3, -0.25) is 10.1 Å². The van der Waals surface area contributed by atoms with Gasteiger partial charge in [0.25, 0.3) is 0 Å². The lowest BCUT2D eigenvalue weighted by molar-refractivity contribution is -0.384. The Bertz CT molecular complexity index is 613. The molecule has 0 amide bonds. The Hall–Kier alpha value is -1.68. The van der Waals surface area contributed by atoms with Crippen molar-refractivity contribution < 1.29 is 4.92 Å². The van der Waals surface area contributed by atoms with Crippen LogP contribution in [0.15, 0.2) is 24.4 Å². The first kappa shape index (κ1) is 12.8. The van der Waals surface area contributed by atoms with Crippen LogP contribution in [0.5, 0.6) is 0 Å². The van der Waals surface area contributed by atoms with Crippen LogP contribution in [0.2, 0.25) is 5.02 Å². The molecule has 0 aliphatic carbocycles. The van der Waals surface area contributed by atoms with Crippen LogP contribution in [0.3, 0.4) is 0 Å². The Balaban J connectivity index is 2.66. The number of nitrogens with zero attached hydrogens (tertiary/aromatic N) is 2. The minimum Gasteiger partial charge on any atom is -0.258 e. The van der Waals surface area contributed by atoms with E-state index in [1.54, 1.807) is 0 Å². The van der Waals surface area contributed by atoms with Gasteiger partial charge in [-0.1, -0.05) is 31.5 Å². The van der Waals surface area contributed by atoms with Crippen molar-refractivity contribution in [2.75, 3.05) is 0 Å². The van der Waals surface area contributed by atoms with Crippen molar-refractivity contribution in [2.45, 2.75) is 26.2 Å². The molecule has 0 saturated heterocycles. The molecule has 0 saturated carbocycles. The summed E-state index contributed by atoms with van der Waals surface area (Å²) >= 11 is 6.07. The Kier molecular flexibility index (Phi) is 3.48. The molecule has 1 aromatic heterocycles. The molecule has 0 unspecified atom stereocenters. The number of benzene rings is 1. The molecule has 0 N–H and O–H groups in total. The van der Waals surface area contributed by atoms with E-state index < -0.39 is 4.92 Å². The molecule has 0 aliphatic heterocycles. The number of rotatable bonds is 3. The fourth-order valence-corrected chi connectivity index (χ4v) is 2.11. The molecule has 2 aromatic rings. The van der Waals surface area contributed by atoms with E-state index in [1.165, 1.54) is 6.20 Å². The lowest BCUT2D eigenvalue weighted by atomic mass is 9.97. The molecule has 0 bridgehead atoms. The number of pyridine rings is 1. The van der Waals surface area contributed by atoms with Gasteiger partial charge in [-0.15, -0.1) is 0 Å². The van der Waals surface area contributed by atoms with Crippen LogP contribution in [0, 0.1) is 10.1 Å². The summed E-state index contributed by atoms with van der Waals surface area (Å²) in [4.78, 5) is 14.4. The molecule has 18 heavy (non-hydrogen) atoms. The molecule has 94 valence electrons. The fraction of sp³-hybridized carbons (Fsp3) is 0.308. The summed E-state index contributed by atoms with van der Waals surface area (Å²) in [6.07, 6.45) is 2.21. The van der Waals surface area contributed by atoms with Crippen molar-refractivity contribution >= 4 is 28.2 Å². The topological polar surface area (TPSA) is 56.0 Å². The average Bonchev–Trinajstić information content (AvgIpc) is 2.37. The van der Waals surface area contributed by atoms with Crippen molar-refractivity contribution in [1.29, 1.82) is 0 Å². The van der Waals surface area contributed by atoms with Gasteiger partial charge in [-0.2, -0.15) is 0 Å². The van der Waals surface area contributed by atoms with Gasteiger partial charge in [0.05, 0.1) is 10.4 Å². The molecule has 0 fully saturated rings. The first-order chi connectivity index (χ1) is 8.54. The van der Waals surface area contributed by atoms with E-state index in [0.29, 0.717) is 16.8 Å². The number of fused-ring (bicyclic) bond motifs is 1. The minimum absolute atomic E-state index is 0.148. The highest BCUT2D eigenvalue weighted by Crippen LogP contribution is 2.33. The molecule has 1 atom stereocenters. The third kappa shape index (κ3) is 2.16. The molecular weight excluding hydrogens is 252 g/mol. The predicted octanol–water partition coefficient (Wildman–Crippen LogP) is 4.31. The van der Waals surface area contributed by atoms with Gasteiger partial charge in [0, 0.05) is 5.39 Å². The van der Waals surface area contributed by atoms with E-state index in [0.717, 1.165) is 12.0 Å². The summed E-state index contributed by atoms with van der Waals surface area (Å²) in [6, 6.07) is 5.74. The predicted molar refractivity (Wildman–Crippen MR) is 72.1 cm³/mol. The quantitative estimate of drug-likeness (QED) is 0.613. The summed E-state index contributed by atoms with van der Waals surface area (Å²) in [5, 5.41) is 11.6. The third-order valence-corrected chi connectivity index (χ3v) is 3.58. The lowest BCUT2D eigenvalue weighted by Gasteiger charge is -2.10. The van der Waals surface area contributed by atoms with Gasteiger partial charge >= 0.3 is 5.69 Å². The zero-order valence-corrected chi connectivity index (χ0v) is 10.9. The molecule has 5 heteroatoms. The van der Waals surface area contributed by atoms with E-state index in [2.05, 4.69) is 18.8 Å².